The molecule has 0 radical (unpaired) electrons. The number of carbonyl (C=O) groups is 1. The van der Waals surface area contributed by atoms with Gasteiger partial charge in [0.25, 0.3) is 5.91 Å². The highest BCUT2D eigenvalue weighted by molar-refractivity contribution is 5.94. The lowest BCUT2D eigenvalue weighted by molar-refractivity contribution is -0.122. The largest absolute Gasteiger partial charge is 0.496 e. The molecule has 1 N–H and O–H groups in total. The molecule has 0 aliphatic carbocycles. The zero-order valence-corrected chi connectivity index (χ0v) is 15.3. The number of rotatable bonds is 6. The number of para-hydroxylation sites is 1. The van der Waals surface area contributed by atoms with Crippen molar-refractivity contribution in [2.45, 2.75) is 13.0 Å². The minimum atomic E-state index is -0.809. The van der Waals surface area contributed by atoms with Crippen LogP contribution in [0.15, 0.2) is 54.6 Å². The van der Waals surface area contributed by atoms with Crippen molar-refractivity contribution in [2.75, 3.05) is 12.4 Å². The van der Waals surface area contributed by atoms with E-state index in [0.29, 0.717) is 17.3 Å². The number of anilines is 1. The van der Waals surface area contributed by atoms with Crippen molar-refractivity contribution in [3.8, 4) is 22.8 Å². The maximum Gasteiger partial charge on any atom is 0.266 e. The zero-order valence-electron chi connectivity index (χ0n) is 15.3. The van der Waals surface area contributed by atoms with Gasteiger partial charge < -0.3 is 14.8 Å². The molecule has 0 spiro atoms. The van der Waals surface area contributed by atoms with E-state index in [9.17, 15) is 9.18 Å². The molecule has 3 rings (SSSR count). The van der Waals surface area contributed by atoms with Gasteiger partial charge in [0.05, 0.1) is 12.8 Å². The summed E-state index contributed by atoms with van der Waals surface area (Å²) in [5.74, 6) is 0.700. The number of nitrogens with zero attached hydrogens (tertiary/aromatic N) is 2. The number of aromatic nitrogens is 2. The van der Waals surface area contributed by atoms with E-state index < -0.39 is 11.9 Å². The van der Waals surface area contributed by atoms with Gasteiger partial charge in [0.15, 0.2) is 6.10 Å². The molecule has 1 heterocycles. The third-order valence-corrected chi connectivity index (χ3v) is 3.99. The van der Waals surface area contributed by atoms with E-state index in [4.69, 9.17) is 9.47 Å². The van der Waals surface area contributed by atoms with E-state index in [1.54, 1.807) is 37.9 Å². The van der Waals surface area contributed by atoms with Crippen molar-refractivity contribution in [3.05, 3.63) is 60.4 Å². The van der Waals surface area contributed by atoms with Crippen LogP contribution in [0.2, 0.25) is 0 Å². The van der Waals surface area contributed by atoms with E-state index in [2.05, 4.69) is 10.4 Å². The van der Waals surface area contributed by atoms with Gasteiger partial charge in [0.2, 0.25) is 0 Å². The molecule has 0 aliphatic rings. The lowest BCUT2D eigenvalue weighted by atomic mass is 10.1. The van der Waals surface area contributed by atoms with Crippen LogP contribution in [-0.4, -0.2) is 28.9 Å². The van der Waals surface area contributed by atoms with E-state index in [-0.39, 0.29) is 11.7 Å². The summed E-state index contributed by atoms with van der Waals surface area (Å²) in [5, 5.41) is 7.20. The van der Waals surface area contributed by atoms with Crippen molar-refractivity contribution in [1.82, 2.24) is 9.78 Å². The predicted molar refractivity (Wildman–Crippen MR) is 100 cm³/mol. The second kappa shape index (κ2) is 7.90. The first-order valence-electron chi connectivity index (χ1n) is 8.38. The molecule has 0 aliphatic heterocycles. The Bertz CT molecular complexity index is 955. The third kappa shape index (κ3) is 4.25. The van der Waals surface area contributed by atoms with Gasteiger partial charge in [-0.1, -0.05) is 18.2 Å². The first-order valence-corrected chi connectivity index (χ1v) is 8.38. The van der Waals surface area contributed by atoms with Crippen LogP contribution >= 0.6 is 0 Å². The van der Waals surface area contributed by atoms with Crippen LogP contribution in [0.4, 0.5) is 10.2 Å². The van der Waals surface area contributed by atoms with E-state index >= 15 is 0 Å². The van der Waals surface area contributed by atoms with Crippen LogP contribution in [0.5, 0.6) is 11.5 Å². The number of hydrogen-bond acceptors (Lipinski definition) is 4. The molecule has 0 saturated heterocycles. The van der Waals surface area contributed by atoms with Crippen molar-refractivity contribution in [3.63, 3.8) is 0 Å². The van der Waals surface area contributed by atoms with E-state index in [1.165, 1.54) is 18.2 Å². The van der Waals surface area contributed by atoms with Gasteiger partial charge in [-0.05, 0) is 31.2 Å². The Morgan fingerprint density at radius 1 is 1.19 bits per heavy atom. The number of amides is 1. The lowest BCUT2D eigenvalue weighted by Crippen LogP contribution is -2.30. The maximum atomic E-state index is 13.2. The highest BCUT2D eigenvalue weighted by Crippen LogP contribution is 2.30. The molecule has 3 aromatic rings. The monoisotopic (exact) mass is 369 g/mol. The molecule has 140 valence electrons. The second-order valence-corrected chi connectivity index (χ2v) is 5.95. The van der Waals surface area contributed by atoms with Crippen LogP contribution in [0.3, 0.4) is 0 Å². The van der Waals surface area contributed by atoms with Gasteiger partial charge >= 0.3 is 0 Å². The molecule has 0 bridgehead atoms. The molecule has 6 nitrogen and oxygen atoms in total. The summed E-state index contributed by atoms with van der Waals surface area (Å²) in [6, 6.07) is 14.9. The Kier molecular flexibility index (Phi) is 5.40. The summed E-state index contributed by atoms with van der Waals surface area (Å²) in [4.78, 5) is 12.4. The fourth-order valence-electron chi connectivity index (χ4n) is 2.60. The predicted octanol–water partition coefficient (Wildman–Crippen LogP) is 3.64. The van der Waals surface area contributed by atoms with Crippen LogP contribution in [-0.2, 0) is 11.8 Å². The first kappa shape index (κ1) is 18.4. The van der Waals surface area contributed by atoms with Gasteiger partial charge in [-0.3, -0.25) is 9.48 Å². The van der Waals surface area contributed by atoms with Crippen LogP contribution < -0.4 is 14.8 Å². The number of hydrogen-bond donors (Lipinski definition) is 1. The number of benzene rings is 2. The van der Waals surface area contributed by atoms with Gasteiger partial charge in [0, 0.05) is 24.7 Å². The Morgan fingerprint density at radius 2 is 1.96 bits per heavy atom. The number of nitrogens with one attached hydrogen (secondary N) is 1. The number of methoxy groups -OCH3 is 1. The van der Waals surface area contributed by atoms with Crippen molar-refractivity contribution < 1.29 is 18.7 Å². The topological polar surface area (TPSA) is 65.4 Å². The molecular weight excluding hydrogens is 349 g/mol. The second-order valence-electron chi connectivity index (χ2n) is 5.95. The number of halogens is 1. The van der Waals surface area contributed by atoms with Gasteiger partial charge in [-0.15, -0.1) is 0 Å². The number of carbonyl (C=O) groups excluding carboxylic acids is 1. The molecule has 27 heavy (non-hydrogen) atoms. The van der Waals surface area contributed by atoms with Gasteiger partial charge in [-0.25, -0.2) is 4.39 Å². The molecule has 0 saturated carbocycles. The standard InChI is InChI=1S/C20H20FN3O3/c1-13(27-15-8-6-7-14(21)11-15)20(25)22-19-12-17(23-24(19)2)16-9-4-5-10-18(16)26-3/h4-13H,1-3H3,(H,22,25). The van der Waals surface area contributed by atoms with Crippen LogP contribution in [0.1, 0.15) is 6.92 Å². The summed E-state index contributed by atoms with van der Waals surface area (Å²) < 4.78 is 25.7. The Balaban J connectivity index is 1.74. The van der Waals surface area contributed by atoms with Gasteiger partial charge in [0.1, 0.15) is 23.1 Å². The third-order valence-electron chi connectivity index (χ3n) is 3.99. The smallest absolute Gasteiger partial charge is 0.266 e. The summed E-state index contributed by atoms with van der Waals surface area (Å²) in [5.41, 5.74) is 1.49. The SMILES string of the molecule is COc1ccccc1-c1cc(NC(=O)C(C)Oc2cccc(F)c2)n(C)n1. The molecule has 1 aromatic heterocycles. The van der Waals surface area contributed by atoms with Crippen molar-refractivity contribution in [2.24, 2.45) is 7.05 Å². The Labute approximate surface area is 156 Å². The summed E-state index contributed by atoms with van der Waals surface area (Å²) in [7, 11) is 3.32. The zero-order chi connectivity index (χ0) is 19.4. The van der Waals surface area contributed by atoms with Gasteiger partial charge in [-0.2, -0.15) is 5.10 Å². The Hall–Kier alpha value is -3.35. The summed E-state index contributed by atoms with van der Waals surface area (Å²) in [6.07, 6.45) is -0.809. The highest BCUT2D eigenvalue weighted by atomic mass is 19.1. The number of ether oxygens (including phenoxy) is 2. The molecule has 0 fully saturated rings. The average Bonchev–Trinajstić information content (AvgIpc) is 3.02. The quantitative estimate of drug-likeness (QED) is 0.720. The first-order chi connectivity index (χ1) is 13.0. The number of aryl methyl sites for hydroxylation is 1. The maximum absolute atomic E-state index is 13.2. The van der Waals surface area contributed by atoms with Crippen molar-refractivity contribution >= 4 is 11.7 Å². The average molecular weight is 369 g/mol. The molecule has 2 aromatic carbocycles. The fraction of sp³-hybridized carbons (Fsp3) is 0.200. The minimum Gasteiger partial charge on any atom is -0.496 e. The molecule has 1 unspecified atom stereocenters. The molecule has 1 amide bonds. The minimum absolute atomic E-state index is 0.289. The molecule has 1 atom stereocenters. The van der Waals surface area contributed by atoms with E-state index in [0.717, 1.165) is 5.56 Å². The van der Waals surface area contributed by atoms with Crippen LogP contribution in [0.25, 0.3) is 11.3 Å². The van der Waals surface area contributed by atoms with E-state index in [1.807, 2.05) is 24.3 Å². The molecular formula is C20H20FN3O3. The highest BCUT2D eigenvalue weighted by Gasteiger charge is 2.18. The summed E-state index contributed by atoms with van der Waals surface area (Å²) >= 11 is 0. The van der Waals surface area contributed by atoms with Crippen molar-refractivity contribution in [1.29, 1.82) is 0 Å². The molecule has 7 heteroatoms. The lowest BCUT2D eigenvalue weighted by Gasteiger charge is -2.14. The normalized spacial score (nSPS) is 11.7. The summed E-state index contributed by atoms with van der Waals surface area (Å²) in [6.45, 7) is 1.59. The van der Waals surface area contributed by atoms with Crippen LogP contribution in [0, 0.1) is 5.82 Å². The fourth-order valence-corrected chi connectivity index (χ4v) is 2.60. The Morgan fingerprint density at radius 3 is 2.70 bits per heavy atom.